The van der Waals surface area contributed by atoms with Gasteiger partial charge in [-0.05, 0) is 42.1 Å². The lowest BCUT2D eigenvalue weighted by Crippen LogP contribution is -2.34. The standard InChI is InChI=1S/C18H18ClN/c19-17-9-4-3-7-14(17)16-12-20-11-5-10-18(20)15-8-2-1-6-13(15)16/h1-4,6-9,16,18H,5,10-12H2/t16-,18+/m1/s1. The second kappa shape index (κ2) is 4.91. The molecule has 0 aromatic heterocycles. The maximum atomic E-state index is 6.45. The van der Waals surface area contributed by atoms with Crippen molar-refractivity contribution >= 4 is 11.6 Å². The average molecular weight is 284 g/mol. The van der Waals surface area contributed by atoms with Crippen molar-refractivity contribution in [1.82, 2.24) is 4.90 Å². The van der Waals surface area contributed by atoms with E-state index in [0.717, 1.165) is 11.6 Å². The van der Waals surface area contributed by atoms with Gasteiger partial charge in [-0.2, -0.15) is 0 Å². The van der Waals surface area contributed by atoms with Crippen molar-refractivity contribution < 1.29 is 0 Å². The van der Waals surface area contributed by atoms with Crippen LogP contribution in [-0.4, -0.2) is 18.0 Å². The zero-order chi connectivity index (χ0) is 13.5. The normalized spacial score (nSPS) is 25.2. The zero-order valence-electron chi connectivity index (χ0n) is 11.4. The third-order valence-electron chi connectivity index (χ3n) is 4.79. The molecule has 1 fully saturated rings. The molecule has 2 aromatic carbocycles. The summed E-state index contributed by atoms with van der Waals surface area (Å²) in [6, 6.07) is 17.9. The molecule has 2 aromatic rings. The van der Waals surface area contributed by atoms with Gasteiger partial charge in [-0.1, -0.05) is 54.1 Å². The van der Waals surface area contributed by atoms with E-state index in [1.807, 2.05) is 12.1 Å². The molecule has 20 heavy (non-hydrogen) atoms. The van der Waals surface area contributed by atoms with Crippen LogP contribution in [0.25, 0.3) is 0 Å². The smallest absolute Gasteiger partial charge is 0.0444 e. The molecule has 4 rings (SSSR count). The van der Waals surface area contributed by atoms with Crippen LogP contribution in [0.15, 0.2) is 48.5 Å². The summed E-state index contributed by atoms with van der Waals surface area (Å²) in [5.74, 6) is 0.411. The Balaban J connectivity index is 1.85. The maximum Gasteiger partial charge on any atom is 0.0444 e. The molecule has 0 N–H and O–H groups in total. The lowest BCUT2D eigenvalue weighted by atomic mass is 9.82. The second-order valence-corrected chi connectivity index (χ2v) is 6.26. The van der Waals surface area contributed by atoms with Gasteiger partial charge in [0.15, 0.2) is 0 Å². The van der Waals surface area contributed by atoms with Crippen LogP contribution in [0.3, 0.4) is 0 Å². The Morgan fingerprint density at radius 2 is 1.60 bits per heavy atom. The molecule has 0 aliphatic carbocycles. The van der Waals surface area contributed by atoms with E-state index in [1.165, 1.54) is 36.1 Å². The van der Waals surface area contributed by atoms with E-state index < -0.39 is 0 Å². The number of hydrogen-bond acceptors (Lipinski definition) is 1. The minimum Gasteiger partial charge on any atom is -0.295 e. The summed E-state index contributed by atoms with van der Waals surface area (Å²) < 4.78 is 0. The monoisotopic (exact) mass is 283 g/mol. The van der Waals surface area contributed by atoms with Crippen molar-refractivity contribution in [3.63, 3.8) is 0 Å². The molecule has 2 atom stereocenters. The van der Waals surface area contributed by atoms with E-state index in [9.17, 15) is 0 Å². The van der Waals surface area contributed by atoms with Gasteiger partial charge in [0, 0.05) is 23.5 Å². The summed E-state index contributed by atoms with van der Waals surface area (Å²) in [5.41, 5.74) is 4.26. The fourth-order valence-corrected chi connectivity index (χ4v) is 4.15. The molecule has 0 radical (unpaired) electrons. The van der Waals surface area contributed by atoms with E-state index >= 15 is 0 Å². The molecule has 2 heteroatoms. The number of rotatable bonds is 1. The van der Waals surface area contributed by atoms with Gasteiger partial charge in [-0.3, -0.25) is 4.90 Å². The molecule has 2 aliphatic rings. The van der Waals surface area contributed by atoms with Gasteiger partial charge in [0.25, 0.3) is 0 Å². The van der Waals surface area contributed by atoms with Gasteiger partial charge in [-0.15, -0.1) is 0 Å². The summed E-state index contributed by atoms with van der Waals surface area (Å²) >= 11 is 6.45. The number of hydrogen-bond donors (Lipinski definition) is 0. The van der Waals surface area contributed by atoms with Gasteiger partial charge < -0.3 is 0 Å². The Kier molecular flexibility index (Phi) is 3.05. The van der Waals surface area contributed by atoms with E-state index in [0.29, 0.717) is 12.0 Å². The number of benzene rings is 2. The molecule has 0 spiro atoms. The fraction of sp³-hybridized carbons (Fsp3) is 0.333. The highest BCUT2D eigenvalue weighted by molar-refractivity contribution is 6.31. The van der Waals surface area contributed by atoms with Crippen LogP contribution >= 0.6 is 11.6 Å². The summed E-state index contributed by atoms with van der Waals surface area (Å²) in [6.07, 6.45) is 2.61. The molecule has 0 saturated carbocycles. The summed E-state index contributed by atoms with van der Waals surface area (Å²) in [4.78, 5) is 2.64. The van der Waals surface area contributed by atoms with Crippen molar-refractivity contribution in [3.05, 3.63) is 70.2 Å². The van der Waals surface area contributed by atoms with E-state index in [-0.39, 0.29) is 0 Å². The van der Waals surface area contributed by atoms with E-state index in [1.54, 1.807) is 0 Å². The Bertz CT molecular complexity index is 637. The van der Waals surface area contributed by atoms with Gasteiger partial charge in [0.1, 0.15) is 0 Å². The van der Waals surface area contributed by atoms with Crippen molar-refractivity contribution in [2.45, 2.75) is 24.8 Å². The van der Waals surface area contributed by atoms with Crippen LogP contribution in [0.4, 0.5) is 0 Å². The molecule has 0 amide bonds. The fourth-order valence-electron chi connectivity index (χ4n) is 3.88. The maximum absolute atomic E-state index is 6.45. The molecule has 0 unspecified atom stereocenters. The van der Waals surface area contributed by atoms with Crippen molar-refractivity contribution in [3.8, 4) is 0 Å². The first-order valence-electron chi connectivity index (χ1n) is 7.42. The predicted molar refractivity (Wildman–Crippen MR) is 83.3 cm³/mol. The number of nitrogens with zero attached hydrogens (tertiary/aromatic N) is 1. The van der Waals surface area contributed by atoms with Gasteiger partial charge in [-0.25, -0.2) is 0 Å². The van der Waals surface area contributed by atoms with E-state index in [4.69, 9.17) is 11.6 Å². The van der Waals surface area contributed by atoms with Gasteiger partial charge >= 0.3 is 0 Å². The number of fused-ring (bicyclic) bond motifs is 3. The third kappa shape index (κ3) is 1.88. The molecular formula is C18H18ClN. The van der Waals surface area contributed by atoms with Crippen LogP contribution < -0.4 is 0 Å². The van der Waals surface area contributed by atoms with Crippen LogP contribution in [0.1, 0.15) is 41.5 Å². The average Bonchev–Trinajstić information content (AvgIpc) is 2.96. The summed E-state index contributed by atoms with van der Waals surface area (Å²) in [7, 11) is 0. The topological polar surface area (TPSA) is 3.24 Å². The molecule has 1 saturated heterocycles. The van der Waals surface area contributed by atoms with Crippen molar-refractivity contribution in [2.75, 3.05) is 13.1 Å². The van der Waals surface area contributed by atoms with Crippen LogP contribution in [0.5, 0.6) is 0 Å². The summed E-state index contributed by atoms with van der Waals surface area (Å²) in [5, 5.41) is 0.893. The number of halogens is 1. The van der Waals surface area contributed by atoms with Crippen LogP contribution in [-0.2, 0) is 0 Å². The molecule has 102 valence electrons. The molecule has 2 aliphatic heterocycles. The van der Waals surface area contributed by atoms with Crippen molar-refractivity contribution in [2.24, 2.45) is 0 Å². The Hall–Kier alpha value is -1.31. The highest BCUT2D eigenvalue weighted by atomic mass is 35.5. The van der Waals surface area contributed by atoms with Gasteiger partial charge in [0.05, 0.1) is 0 Å². The molecular weight excluding hydrogens is 266 g/mol. The lowest BCUT2D eigenvalue weighted by Gasteiger charge is -2.37. The Morgan fingerprint density at radius 3 is 2.40 bits per heavy atom. The Labute approximate surface area is 125 Å². The van der Waals surface area contributed by atoms with Crippen LogP contribution in [0.2, 0.25) is 5.02 Å². The molecule has 0 bridgehead atoms. The summed E-state index contributed by atoms with van der Waals surface area (Å²) in [6.45, 7) is 2.32. The minimum absolute atomic E-state index is 0.411. The lowest BCUT2D eigenvalue weighted by molar-refractivity contribution is 0.230. The largest absolute Gasteiger partial charge is 0.295 e. The van der Waals surface area contributed by atoms with Gasteiger partial charge in [0.2, 0.25) is 0 Å². The molecule has 2 heterocycles. The first-order chi connectivity index (χ1) is 9.84. The minimum atomic E-state index is 0.411. The first-order valence-corrected chi connectivity index (χ1v) is 7.79. The third-order valence-corrected chi connectivity index (χ3v) is 5.14. The quantitative estimate of drug-likeness (QED) is 0.738. The van der Waals surface area contributed by atoms with Crippen LogP contribution in [0, 0.1) is 0 Å². The molecule has 1 nitrogen and oxygen atoms in total. The SMILES string of the molecule is Clc1ccccc1[C@@H]1CN2CCC[C@H]2c2ccccc21. The van der Waals surface area contributed by atoms with Crippen molar-refractivity contribution in [1.29, 1.82) is 0 Å². The second-order valence-electron chi connectivity index (χ2n) is 5.86. The predicted octanol–water partition coefficient (Wildman–Crippen LogP) is 4.62. The first kappa shape index (κ1) is 12.4. The highest BCUT2D eigenvalue weighted by Crippen LogP contribution is 2.45. The Morgan fingerprint density at radius 1 is 0.900 bits per heavy atom. The highest BCUT2D eigenvalue weighted by Gasteiger charge is 2.36. The van der Waals surface area contributed by atoms with E-state index in [2.05, 4.69) is 41.3 Å². The zero-order valence-corrected chi connectivity index (χ0v) is 12.2.